The number of benzene rings is 2. The number of pyridine rings is 1. The molecule has 1 aliphatic rings. The van der Waals surface area contributed by atoms with Crippen LogP contribution in [-0.2, 0) is 0 Å². The fraction of sp³-hybridized carbons (Fsp3) is 0.406. The zero-order valence-electron chi connectivity index (χ0n) is 25.3. The van der Waals surface area contributed by atoms with Crippen molar-refractivity contribution in [2.24, 2.45) is 17.1 Å². The van der Waals surface area contributed by atoms with E-state index in [9.17, 15) is 22.8 Å². The van der Waals surface area contributed by atoms with E-state index in [1.54, 1.807) is 6.07 Å². The van der Waals surface area contributed by atoms with Gasteiger partial charge < -0.3 is 25.3 Å². The highest BCUT2D eigenvalue weighted by Crippen LogP contribution is 2.45. The number of aromatic nitrogens is 1. The first-order chi connectivity index (χ1) is 20.8. The Morgan fingerprint density at radius 1 is 0.977 bits per heavy atom. The van der Waals surface area contributed by atoms with E-state index in [2.05, 4.69) is 41.5 Å². The van der Waals surface area contributed by atoms with Gasteiger partial charge in [0, 0.05) is 18.0 Å². The Bertz CT molecular complexity index is 1450. The molecule has 1 aromatic heterocycles. The molecule has 44 heavy (non-hydrogen) atoms. The highest BCUT2D eigenvalue weighted by Gasteiger charge is 2.33. The van der Waals surface area contributed by atoms with Crippen LogP contribution in [0.25, 0.3) is 0 Å². The Balaban J connectivity index is 0.00000259. The van der Waals surface area contributed by atoms with E-state index in [0.717, 1.165) is 37.8 Å². The second kappa shape index (κ2) is 14.5. The molecule has 0 unspecified atom stereocenters. The van der Waals surface area contributed by atoms with Gasteiger partial charge in [0.2, 0.25) is 0 Å². The zero-order valence-corrected chi connectivity index (χ0v) is 25.3. The molecule has 0 atom stereocenters. The minimum atomic E-state index is -4.92. The number of hydrogen-bond donors (Lipinski definition) is 2. The molecule has 4 rings (SSSR count). The average molecular weight is 620 g/mol. The first-order valence-corrected chi connectivity index (χ1v) is 14.0. The molecule has 1 heterocycles. The monoisotopic (exact) mass is 619 g/mol. The summed E-state index contributed by atoms with van der Waals surface area (Å²) in [5.74, 6) is -2.00. The maximum Gasteiger partial charge on any atom is 0.573 e. The first kappa shape index (κ1) is 34.3. The standard InChI is InChI=1S/C31H32F4N2O5.CH5N/c1-30(2,3)20-7-5-18(6-8-20)19-13-24(32)28(29(39)37-21-11-12-36-22(15-21)17-38)27(14-19)41-25-10-9-23(16-26(25)40-4)42-31(33,34)35;1-2/h9-18,20H,5-8H2,1-4H3,(H,36,37,39);2H2,1H3. The topological polar surface area (TPSA) is 113 Å². The number of nitrogens with two attached hydrogens (primary N) is 1. The van der Waals surface area contributed by atoms with Crippen LogP contribution < -0.4 is 25.3 Å². The number of ether oxygens (including phenoxy) is 3. The molecule has 2 aromatic carbocycles. The van der Waals surface area contributed by atoms with Crippen molar-refractivity contribution in [3.63, 3.8) is 0 Å². The third-order valence-corrected chi connectivity index (χ3v) is 7.48. The number of carbonyl (C=O) groups is 2. The van der Waals surface area contributed by atoms with Gasteiger partial charge in [0.1, 0.15) is 28.6 Å². The van der Waals surface area contributed by atoms with Crippen LogP contribution >= 0.6 is 0 Å². The van der Waals surface area contributed by atoms with Gasteiger partial charge in [-0.25, -0.2) is 4.39 Å². The van der Waals surface area contributed by atoms with Gasteiger partial charge in [-0.2, -0.15) is 0 Å². The smallest absolute Gasteiger partial charge is 0.493 e. The van der Waals surface area contributed by atoms with Crippen LogP contribution in [0, 0.1) is 17.2 Å². The van der Waals surface area contributed by atoms with Crippen LogP contribution in [0.15, 0.2) is 48.7 Å². The van der Waals surface area contributed by atoms with Crippen LogP contribution in [0.2, 0.25) is 0 Å². The fourth-order valence-electron chi connectivity index (χ4n) is 5.26. The molecule has 0 saturated heterocycles. The fourth-order valence-corrected chi connectivity index (χ4v) is 5.26. The van der Waals surface area contributed by atoms with Crippen molar-refractivity contribution < 1.29 is 41.4 Å². The molecule has 1 aliphatic carbocycles. The summed E-state index contributed by atoms with van der Waals surface area (Å²) in [4.78, 5) is 28.3. The van der Waals surface area contributed by atoms with Gasteiger partial charge in [0.25, 0.3) is 5.91 Å². The van der Waals surface area contributed by atoms with E-state index in [0.29, 0.717) is 17.8 Å². The number of anilines is 1. The van der Waals surface area contributed by atoms with Gasteiger partial charge >= 0.3 is 6.36 Å². The molecule has 0 aliphatic heterocycles. The number of hydrogen-bond acceptors (Lipinski definition) is 7. The summed E-state index contributed by atoms with van der Waals surface area (Å²) in [5.41, 5.74) is 5.15. The molecular weight excluding hydrogens is 582 g/mol. The summed E-state index contributed by atoms with van der Waals surface area (Å²) < 4.78 is 69.2. The van der Waals surface area contributed by atoms with Crippen molar-refractivity contribution in [1.29, 1.82) is 0 Å². The summed E-state index contributed by atoms with van der Waals surface area (Å²) in [5, 5.41) is 2.55. The minimum absolute atomic E-state index is 0.0253. The van der Waals surface area contributed by atoms with Crippen molar-refractivity contribution in [2.75, 3.05) is 19.5 Å². The quantitative estimate of drug-likeness (QED) is 0.195. The molecular formula is C32H37F4N3O5. The molecule has 1 amide bonds. The molecule has 0 spiro atoms. The number of alkyl halides is 3. The predicted molar refractivity (Wildman–Crippen MR) is 158 cm³/mol. The van der Waals surface area contributed by atoms with Gasteiger partial charge in [-0.1, -0.05) is 20.8 Å². The molecule has 238 valence electrons. The first-order valence-electron chi connectivity index (χ1n) is 14.0. The SMILES string of the molecule is CN.COc1cc(OC(F)(F)F)ccc1Oc1cc(C2CCC(C(C)(C)C)CC2)cc(F)c1C(=O)Nc1ccnc(C=O)c1. The van der Waals surface area contributed by atoms with Gasteiger partial charge in [0.15, 0.2) is 17.8 Å². The molecule has 1 fully saturated rings. The molecule has 0 radical (unpaired) electrons. The van der Waals surface area contributed by atoms with Gasteiger partial charge in [-0.15, -0.1) is 13.2 Å². The third-order valence-electron chi connectivity index (χ3n) is 7.48. The zero-order chi connectivity index (χ0) is 32.7. The lowest BCUT2D eigenvalue weighted by atomic mass is 9.68. The Kier molecular flexibility index (Phi) is 11.3. The molecule has 3 aromatic rings. The van der Waals surface area contributed by atoms with E-state index in [-0.39, 0.29) is 40.0 Å². The van der Waals surface area contributed by atoms with Gasteiger partial charge in [0.05, 0.1) is 7.11 Å². The van der Waals surface area contributed by atoms with Crippen LogP contribution in [0.5, 0.6) is 23.0 Å². The number of halogens is 4. The second-order valence-corrected chi connectivity index (χ2v) is 11.3. The highest BCUT2D eigenvalue weighted by molar-refractivity contribution is 6.06. The van der Waals surface area contributed by atoms with E-state index in [1.165, 1.54) is 44.6 Å². The summed E-state index contributed by atoms with van der Waals surface area (Å²) >= 11 is 0. The molecule has 12 heteroatoms. The second-order valence-electron chi connectivity index (χ2n) is 11.3. The molecule has 3 N–H and O–H groups in total. The van der Waals surface area contributed by atoms with Crippen LogP contribution in [0.4, 0.5) is 23.2 Å². The lowest BCUT2D eigenvalue weighted by molar-refractivity contribution is -0.274. The number of nitrogens with one attached hydrogen (secondary N) is 1. The number of carbonyl (C=O) groups excluding carboxylic acids is 2. The number of rotatable bonds is 8. The maximum absolute atomic E-state index is 15.8. The summed E-state index contributed by atoms with van der Waals surface area (Å²) in [6.07, 6.45) is 0.480. The van der Waals surface area contributed by atoms with Crippen molar-refractivity contribution in [3.05, 3.63) is 71.3 Å². The molecule has 0 bridgehead atoms. The number of methoxy groups -OCH3 is 1. The van der Waals surface area contributed by atoms with E-state index in [4.69, 9.17) is 9.47 Å². The Hall–Kier alpha value is -4.19. The largest absolute Gasteiger partial charge is 0.573 e. The molecule has 8 nitrogen and oxygen atoms in total. The lowest BCUT2D eigenvalue weighted by Crippen LogP contribution is -2.25. The Labute approximate surface area is 253 Å². The maximum atomic E-state index is 15.8. The van der Waals surface area contributed by atoms with E-state index < -0.39 is 29.4 Å². The number of aldehydes is 1. The van der Waals surface area contributed by atoms with Crippen LogP contribution in [0.1, 0.15) is 78.8 Å². The minimum Gasteiger partial charge on any atom is -0.493 e. The van der Waals surface area contributed by atoms with Crippen molar-refractivity contribution in [3.8, 4) is 23.0 Å². The molecule has 1 saturated carbocycles. The van der Waals surface area contributed by atoms with Crippen molar-refractivity contribution in [2.45, 2.75) is 58.7 Å². The Morgan fingerprint density at radius 2 is 1.66 bits per heavy atom. The van der Waals surface area contributed by atoms with Crippen LogP contribution in [-0.4, -0.2) is 37.7 Å². The van der Waals surface area contributed by atoms with Gasteiger partial charge in [-0.05, 0) is 91.9 Å². The van der Waals surface area contributed by atoms with E-state index in [1.807, 2.05) is 0 Å². The summed E-state index contributed by atoms with van der Waals surface area (Å²) in [6, 6.07) is 8.86. The highest BCUT2D eigenvalue weighted by atomic mass is 19.4. The number of amides is 1. The van der Waals surface area contributed by atoms with E-state index >= 15 is 4.39 Å². The average Bonchev–Trinajstić information content (AvgIpc) is 2.97. The predicted octanol–water partition coefficient (Wildman–Crippen LogP) is 7.88. The van der Waals surface area contributed by atoms with Gasteiger partial charge in [-0.3, -0.25) is 14.6 Å². The summed E-state index contributed by atoms with van der Waals surface area (Å²) in [7, 11) is 2.73. The number of nitrogens with zero attached hydrogens (tertiary/aromatic N) is 1. The Morgan fingerprint density at radius 3 is 2.25 bits per heavy atom. The normalized spacial score (nSPS) is 16.7. The summed E-state index contributed by atoms with van der Waals surface area (Å²) in [6.45, 7) is 6.61. The van der Waals surface area contributed by atoms with Crippen molar-refractivity contribution in [1.82, 2.24) is 4.98 Å². The third kappa shape index (κ3) is 8.91. The van der Waals surface area contributed by atoms with Crippen LogP contribution in [0.3, 0.4) is 0 Å². The van der Waals surface area contributed by atoms with Crippen molar-refractivity contribution >= 4 is 17.9 Å². The lowest BCUT2D eigenvalue weighted by Gasteiger charge is -2.37.